The minimum Gasteiger partial charge on any atom is -0.339 e. The van der Waals surface area contributed by atoms with Gasteiger partial charge in [-0.05, 0) is 50.2 Å². The van der Waals surface area contributed by atoms with Crippen molar-refractivity contribution in [1.29, 1.82) is 0 Å². The van der Waals surface area contributed by atoms with Crippen molar-refractivity contribution >= 4 is 40.0 Å². The fourth-order valence-electron chi connectivity index (χ4n) is 2.95. The van der Waals surface area contributed by atoms with Gasteiger partial charge in [-0.15, -0.1) is 0 Å². The highest BCUT2D eigenvalue weighted by atomic mass is 35.5. The first-order valence-corrected chi connectivity index (χ1v) is 9.16. The third kappa shape index (κ3) is 4.09. The molecule has 1 aromatic heterocycles. The van der Waals surface area contributed by atoms with E-state index in [0.29, 0.717) is 40.4 Å². The summed E-state index contributed by atoms with van der Waals surface area (Å²) in [7, 11) is 0. The average Bonchev–Trinajstić information content (AvgIpc) is 2.68. The van der Waals surface area contributed by atoms with Crippen LogP contribution in [0.5, 0.6) is 0 Å². The number of carbonyl (C=O) groups excluding carboxylic acids is 2. The maximum absolute atomic E-state index is 12.8. The number of pyridine rings is 1. The summed E-state index contributed by atoms with van der Waals surface area (Å²) in [4.78, 5) is 31.4. The molecule has 6 heteroatoms. The van der Waals surface area contributed by atoms with Crippen LogP contribution >= 0.6 is 11.6 Å². The summed E-state index contributed by atoms with van der Waals surface area (Å²) in [5.74, 6) is -0.389. The molecule has 0 fully saturated rings. The van der Waals surface area contributed by atoms with Crippen LogP contribution in [0.25, 0.3) is 10.9 Å². The molecule has 0 aliphatic rings. The summed E-state index contributed by atoms with van der Waals surface area (Å²) in [6.07, 6.45) is 1.64. The second-order valence-electron chi connectivity index (χ2n) is 6.04. The molecule has 0 radical (unpaired) electrons. The Morgan fingerprint density at radius 2 is 1.85 bits per heavy atom. The number of halogens is 1. The summed E-state index contributed by atoms with van der Waals surface area (Å²) >= 11 is 6.15. The van der Waals surface area contributed by atoms with Crippen LogP contribution in [-0.2, 0) is 0 Å². The molecule has 138 valence electrons. The number of hydrogen-bond acceptors (Lipinski definition) is 3. The Kier molecular flexibility index (Phi) is 5.72. The normalized spacial score (nSPS) is 10.6. The van der Waals surface area contributed by atoms with Crippen LogP contribution in [-0.4, -0.2) is 34.8 Å². The maximum Gasteiger partial charge on any atom is 0.257 e. The number of nitrogens with zero attached hydrogens (tertiary/aromatic N) is 2. The lowest BCUT2D eigenvalue weighted by Gasteiger charge is -2.19. The monoisotopic (exact) mass is 381 g/mol. The molecule has 1 heterocycles. The maximum atomic E-state index is 12.8. The Morgan fingerprint density at radius 1 is 1.07 bits per heavy atom. The Hall–Kier alpha value is -2.92. The first-order chi connectivity index (χ1) is 13.0. The first-order valence-electron chi connectivity index (χ1n) is 8.78. The molecule has 3 aromatic rings. The van der Waals surface area contributed by atoms with Crippen LogP contribution in [0.3, 0.4) is 0 Å². The molecule has 1 N–H and O–H groups in total. The minimum atomic E-state index is -0.325. The van der Waals surface area contributed by atoms with Crippen molar-refractivity contribution in [2.45, 2.75) is 13.8 Å². The molecule has 0 aliphatic heterocycles. The van der Waals surface area contributed by atoms with Gasteiger partial charge in [-0.3, -0.25) is 14.6 Å². The number of hydrogen-bond donors (Lipinski definition) is 1. The lowest BCUT2D eigenvalue weighted by molar-refractivity contribution is 0.0772. The van der Waals surface area contributed by atoms with Crippen LogP contribution in [0.15, 0.2) is 54.7 Å². The summed E-state index contributed by atoms with van der Waals surface area (Å²) in [6.45, 7) is 5.13. The number of benzene rings is 2. The Labute approximate surface area is 163 Å². The van der Waals surface area contributed by atoms with Gasteiger partial charge in [-0.2, -0.15) is 0 Å². The third-order valence-corrected chi connectivity index (χ3v) is 4.55. The molecule has 0 atom stereocenters. The lowest BCUT2D eigenvalue weighted by Crippen LogP contribution is -2.30. The molecule has 0 saturated heterocycles. The second kappa shape index (κ2) is 8.18. The summed E-state index contributed by atoms with van der Waals surface area (Å²) in [6, 6.07) is 13.9. The number of rotatable bonds is 5. The number of anilines is 1. The predicted octanol–water partition coefficient (Wildman–Crippen LogP) is 4.62. The molecular weight excluding hydrogens is 362 g/mol. The molecule has 0 spiro atoms. The van der Waals surface area contributed by atoms with Crippen molar-refractivity contribution in [3.05, 3.63) is 70.9 Å². The Morgan fingerprint density at radius 3 is 2.59 bits per heavy atom. The van der Waals surface area contributed by atoms with Crippen molar-refractivity contribution in [1.82, 2.24) is 9.88 Å². The quantitative estimate of drug-likeness (QED) is 0.701. The Balaban J connectivity index is 1.89. The molecule has 0 bridgehead atoms. The van der Waals surface area contributed by atoms with Crippen LogP contribution in [0.2, 0.25) is 5.02 Å². The standard InChI is InChI=1S/C21H20ClN3O2/c1-3-25(4-2)21(27)15-7-5-9-17(12-15)24-20(26)18-13-16(22)11-14-8-6-10-23-19(14)18/h5-13H,3-4H2,1-2H3,(H,24,26). The molecule has 2 aromatic carbocycles. The highest BCUT2D eigenvalue weighted by Crippen LogP contribution is 2.23. The number of nitrogens with one attached hydrogen (secondary N) is 1. The number of fused-ring (bicyclic) bond motifs is 1. The fraction of sp³-hybridized carbons (Fsp3) is 0.190. The number of amides is 2. The van der Waals surface area contributed by atoms with E-state index in [1.54, 1.807) is 53.6 Å². The summed E-state index contributed by atoms with van der Waals surface area (Å²) < 4.78 is 0. The fourth-order valence-corrected chi connectivity index (χ4v) is 3.18. The molecular formula is C21H20ClN3O2. The zero-order valence-corrected chi connectivity index (χ0v) is 16.0. The van der Waals surface area contributed by atoms with Crippen molar-refractivity contribution in [3.8, 4) is 0 Å². The lowest BCUT2D eigenvalue weighted by atomic mass is 10.1. The number of aromatic nitrogens is 1. The highest BCUT2D eigenvalue weighted by Gasteiger charge is 2.15. The van der Waals surface area contributed by atoms with E-state index < -0.39 is 0 Å². The average molecular weight is 382 g/mol. The molecule has 0 aliphatic carbocycles. The van der Waals surface area contributed by atoms with Crippen molar-refractivity contribution in [3.63, 3.8) is 0 Å². The van der Waals surface area contributed by atoms with E-state index in [0.717, 1.165) is 5.39 Å². The molecule has 27 heavy (non-hydrogen) atoms. The van der Waals surface area contributed by atoms with Gasteiger partial charge in [0, 0.05) is 40.9 Å². The first kappa shape index (κ1) is 18.9. The van der Waals surface area contributed by atoms with E-state index in [9.17, 15) is 9.59 Å². The SMILES string of the molecule is CCN(CC)C(=O)c1cccc(NC(=O)c2cc(Cl)cc3cccnc23)c1. The third-order valence-electron chi connectivity index (χ3n) is 4.33. The molecule has 3 rings (SSSR count). The summed E-state index contributed by atoms with van der Waals surface area (Å²) in [5, 5.41) is 4.10. The minimum absolute atomic E-state index is 0.0639. The molecule has 0 saturated carbocycles. The van der Waals surface area contributed by atoms with Crippen molar-refractivity contribution in [2.75, 3.05) is 18.4 Å². The van der Waals surface area contributed by atoms with Gasteiger partial charge in [0.05, 0.1) is 11.1 Å². The van der Waals surface area contributed by atoms with E-state index in [4.69, 9.17) is 11.6 Å². The van der Waals surface area contributed by atoms with Gasteiger partial charge in [-0.1, -0.05) is 23.7 Å². The molecule has 5 nitrogen and oxygen atoms in total. The van der Waals surface area contributed by atoms with Gasteiger partial charge in [-0.25, -0.2) is 0 Å². The zero-order chi connectivity index (χ0) is 19.4. The van der Waals surface area contributed by atoms with Crippen LogP contribution in [0.1, 0.15) is 34.6 Å². The van der Waals surface area contributed by atoms with E-state index >= 15 is 0 Å². The second-order valence-corrected chi connectivity index (χ2v) is 6.48. The van der Waals surface area contributed by atoms with Crippen LogP contribution in [0.4, 0.5) is 5.69 Å². The van der Waals surface area contributed by atoms with Gasteiger partial charge < -0.3 is 10.2 Å². The van der Waals surface area contributed by atoms with Crippen molar-refractivity contribution < 1.29 is 9.59 Å². The summed E-state index contributed by atoms with van der Waals surface area (Å²) in [5.41, 5.74) is 2.04. The van der Waals surface area contributed by atoms with Crippen LogP contribution < -0.4 is 5.32 Å². The van der Waals surface area contributed by atoms with E-state index in [-0.39, 0.29) is 11.8 Å². The van der Waals surface area contributed by atoms with E-state index in [2.05, 4.69) is 10.3 Å². The van der Waals surface area contributed by atoms with Crippen molar-refractivity contribution in [2.24, 2.45) is 0 Å². The topological polar surface area (TPSA) is 62.3 Å². The van der Waals surface area contributed by atoms with Gasteiger partial charge in [0.25, 0.3) is 11.8 Å². The van der Waals surface area contributed by atoms with Gasteiger partial charge in [0.2, 0.25) is 0 Å². The molecule has 2 amide bonds. The van der Waals surface area contributed by atoms with Gasteiger partial charge in [0.1, 0.15) is 0 Å². The predicted molar refractivity (Wildman–Crippen MR) is 108 cm³/mol. The van der Waals surface area contributed by atoms with Crippen LogP contribution in [0, 0.1) is 0 Å². The zero-order valence-electron chi connectivity index (χ0n) is 15.2. The highest BCUT2D eigenvalue weighted by molar-refractivity contribution is 6.32. The number of carbonyl (C=O) groups is 2. The smallest absolute Gasteiger partial charge is 0.257 e. The van der Waals surface area contributed by atoms with Gasteiger partial charge in [0.15, 0.2) is 0 Å². The van der Waals surface area contributed by atoms with Gasteiger partial charge >= 0.3 is 0 Å². The Bertz CT molecular complexity index is 1000. The molecule has 0 unspecified atom stereocenters. The largest absolute Gasteiger partial charge is 0.339 e. The van der Waals surface area contributed by atoms with E-state index in [1.165, 1.54) is 0 Å². The van der Waals surface area contributed by atoms with E-state index in [1.807, 2.05) is 19.9 Å².